The van der Waals surface area contributed by atoms with E-state index in [4.69, 9.17) is 14.3 Å². The van der Waals surface area contributed by atoms with Crippen molar-refractivity contribution >= 4 is 28.8 Å². The molecule has 8 nitrogen and oxygen atoms in total. The summed E-state index contributed by atoms with van der Waals surface area (Å²) in [5.74, 6) is -0.432. The molecule has 0 saturated heterocycles. The molecular weight excluding hydrogens is 470 g/mol. The average molecular weight is 494 g/mol. The van der Waals surface area contributed by atoms with Crippen molar-refractivity contribution in [2.24, 2.45) is 0 Å². The molecule has 5 rings (SSSR count). The van der Waals surface area contributed by atoms with Crippen LogP contribution in [0.3, 0.4) is 0 Å². The summed E-state index contributed by atoms with van der Waals surface area (Å²) in [6, 6.07) is 26.2. The van der Waals surface area contributed by atoms with Crippen LogP contribution in [0.5, 0.6) is 0 Å². The fraction of sp³-hybridized carbons (Fsp3) is 0.103. The number of ether oxygens (including phenoxy) is 1. The number of aliphatic carboxylic acids is 1. The Balaban J connectivity index is 1.40. The van der Waals surface area contributed by atoms with Crippen molar-refractivity contribution in [1.29, 1.82) is 0 Å². The maximum atomic E-state index is 12.8. The monoisotopic (exact) mass is 493 g/mol. The van der Waals surface area contributed by atoms with E-state index in [0.717, 1.165) is 27.8 Å². The summed E-state index contributed by atoms with van der Waals surface area (Å²) in [5, 5.41) is 20.3. The normalized spacial score (nSPS) is 11.7. The van der Waals surface area contributed by atoms with Gasteiger partial charge in [-0.1, -0.05) is 78.9 Å². The van der Waals surface area contributed by atoms with Crippen molar-refractivity contribution in [3.05, 3.63) is 102 Å². The quantitative estimate of drug-likeness (QED) is 0.266. The van der Waals surface area contributed by atoms with E-state index in [2.05, 4.69) is 15.5 Å². The van der Waals surface area contributed by atoms with E-state index in [-0.39, 0.29) is 6.42 Å². The summed E-state index contributed by atoms with van der Waals surface area (Å²) in [4.78, 5) is 23.7. The third-order valence-corrected chi connectivity index (χ3v) is 5.95. The molecule has 1 atom stereocenters. The van der Waals surface area contributed by atoms with Crippen LogP contribution < -0.4 is 5.32 Å². The number of aromatic nitrogens is 2. The molecule has 0 saturated carbocycles. The van der Waals surface area contributed by atoms with Crippen molar-refractivity contribution in [3.63, 3.8) is 0 Å². The highest BCUT2D eigenvalue weighted by Gasteiger charge is 2.21. The molecule has 0 aliphatic rings. The largest absolute Gasteiger partial charge is 0.481 e. The second-order valence-electron chi connectivity index (χ2n) is 8.48. The molecule has 0 spiro atoms. The van der Waals surface area contributed by atoms with Crippen LogP contribution in [0.15, 0.2) is 95.5 Å². The van der Waals surface area contributed by atoms with Gasteiger partial charge in [0.25, 0.3) is 0 Å². The standard InChI is InChI=1S/C29H23N3O5/c1-18(20-5-3-2-4-6-20)36-29(35)31-26-24-15-16-30-32-28(24)37-27(26)23-13-11-22(12-14-23)21-9-7-19(8-10-21)17-25(33)34/h2-16,18H,17H2,1H3,(H,31,35)(H,33,34). The molecule has 0 bridgehead atoms. The fourth-order valence-electron chi connectivity index (χ4n) is 4.07. The number of nitrogens with one attached hydrogen (secondary N) is 1. The van der Waals surface area contributed by atoms with E-state index in [1.54, 1.807) is 18.2 Å². The molecule has 0 radical (unpaired) electrons. The number of carboxylic acid groups (broad SMARTS) is 1. The number of carbonyl (C=O) groups excluding carboxylic acids is 1. The maximum absolute atomic E-state index is 12.8. The summed E-state index contributed by atoms with van der Waals surface area (Å²) < 4.78 is 11.6. The molecule has 37 heavy (non-hydrogen) atoms. The predicted molar refractivity (Wildman–Crippen MR) is 139 cm³/mol. The molecule has 2 aromatic heterocycles. The summed E-state index contributed by atoms with van der Waals surface area (Å²) in [6.07, 6.45) is 0.456. The third-order valence-electron chi connectivity index (χ3n) is 5.95. The van der Waals surface area contributed by atoms with Gasteiger partial charge >= 0.3 is 12.1 Å². The van der Waals surface area contributed by atoms with Crippen molar-refractivity contribution in [1.82, 2.24) is 10.2 Å². The molecule has 1 unspecified atom stereocenters. The Hall–Kier alpha value is -4.98. The van der Waals surface area contributed by atoms with Gasteiger partial charge in [0.2, 0.25) is 5.71 Å². The smallest absolute Gasteiger partial charge is 0.412 e. The number of carbonyl (C=O) groups is 2. The lowest BCUT2D eigenvalue weighted by Gasteiger charge is -2.14. The van der Waals surface area contributed by atoms with E-state index < -0.39 is 18.2 Å². The number of benzene rings is 3. The molecule has 8 heteroatoms. The van der Waals surface area contributed by atoms with Crippen molar-refractivity contribution in [2.45, 2.75) is 19.4 Å². The zero-order valence-electron chi connectivity index (χ0n) is 19.9. The number of rotatable bonds is 7. The van der Waals surface area contributed by atoms with Gasteiger partial charge in [-0.15, -0.1) is 5.10 Å². The van der Waals surface area contributed by atoms with Gasteiger partial charge in [-0.3, -0.25) is 10.1 Å². The average Bonchev–Trinajstić information content (AvgIpc) is 3.27. The Bertz CT molecular complexity index is 1540. The van der Waals surface area contributed by atoms with Gasteiger partial charge < -0.3 is 14.3 Å². The Morgan fingerprint density at radius 3 is 2.24 bits per heavy atom. The molecule has 0 aliphatic heterocycles. The maximum Gasteiger partial charge on any atom is 0.412 e. The third kappa shape index (κ3) is 5.33. The van der Waals surface area contributed by atoms with E-state index in [1.165, 1.54) is 6.20 Å². The Labute approximate surface area is 212 Å². The van der Waals surface area contributed by atoms with Gasteiger partial charge in [0.05, 0.1) is 18.0 Å². The van der Waals surface area contributed by atoms with Gasteiger partial charge in [-0.05, 0) is 35.2 Å². The van der Waals surface area contributed by atoms with E-state index in [1.807, 2.05) is 73.7 Å². The van der Waals surface area contributed by atoms with Crippen molar-refractivity contribution < 1.29 is 23.8 Å². The molecule has 2 heterocycles. The highest BCUT2D eigenvalue weighted by molar-refractivity contribution is 6.03. The molecule has 0 fully saturated rings. The van der Waals surface area contributed by atoms with Crippen LogP contribution in [-0.2, 0) is 16.0 Å². The van der Waals surface area contributed by atoms with E-state index in [9.17, 15) is 9.59 Å². The van der Waals surface area contributed by atoms with Crippen LogP contribution in [0.4, 0.5) is 10.5 Å². The van der Waals surface area contributed by atoms with Crippen molar-refractivity contribution in [3.8, 4) is 22.5 Å². The Kier molecular flexibility index (Phi) is 6.63. The molecule has 3 aromatic carbocycles. The lowest BCUT2D eigenvalue weighted by atomic mass is 10.0. The minimum atomic E-state index is -0.865. The minimum Gasteiger partial charge on any atom is -0.481 e. The molecule has 2 N–H and O–H groups in total. The molecule has 5 aromatic rings. The second kappa shape index (κ2) is 10.3. The minimum absolute atomic E-state index is 0.0174. The van der Waals surface area contributed by atoms with Gasteiger partial charge in [-0.2, -0.15) is 5.10 Å². The first-order chi connectivity index (χ1) is 18.0. The number of anilines is 1. The van der Waals surface area contributed by atoms with E-state index in [0.29, 0.717) is 22.5 Å². The van der Waals surface area contributed by atoms with Gasteiger partial charge in [0.1, 0.15) is 11.8 Å². The predicted octanol–water partition coefficient (Wildman–Crippen LogP) is 6.49. The summed E-state index contributed by atoms with van der Waals surface area (Å²) >= 11 is 0. The first-order valence-corrected chi connectivity index (χ1v) is 11.7. The second-order valence-corrected chi connectivity index (χ2v) is 8.48. The highest BCUT2D eigenvalue weighted by Crippen LogP contribution is 2.38. The lowest BCUT2D eigenvalue weighted by molar-refractivity contribution is -0.136. The Morgan fingerprint density at radius 2 is 1.57 bits per heavy atom. The summed E-state index contributed by atoms with van der Waals surface area (Å²) in [5.41, 5.74) is 4.99. The SMILES string of the molecule is CC(OC(=O)Nc1c(-c2ccc(-c3ccc(CC(=O)O)cc3)cc2)oc2nnccc12)c1ccccc1. The van der Waals surface area contributed by atoms with E-state index >= 15 is 0 Å². The molecule has 1 amide bonds. The number of hydrogen-bond acceptors (Lipinski definition) is 6. The van der Waals surface area contributed by atoms with Crippen LogP contribution in [0.25, 0.3) is 33.6 Å². The van der Waals surface area contributed by atoms with Gasteiger partial charge in [0, 0.05) is 5.56 Å². The van der Waals surface area contributed by atoms with Gasteiger partial charge in [-0.25, -0.2) is 4.79 Å². The number of furan rings is 1. The first kappa shape index (κ1) is 23.7. The van der Waals surface area contributed by atoms with Crippen LogP contribution in [0.2, 0.25) is 0 Å². The first-order valence-electron chi connectivity index (χ1n) is 11.7. The Morgan fingerprint density at radius 1 is 0.919 bits per heavy atom. The molecular formula is C29H23N3O5. The van der Waals surface area contributed by atoms with Crippen LogP contribution >= 0.6 is 0 Å². The zero-order chi connectivity index (χ0) is 25.8. The van der Waals surface area contributed by atoms with Crippen LogP contribution in [0, 0.1) is 0 Å². The fourth-order valence-corrected chi connectivity index (χ4v) is 4.07. The number of amides is 1. The van der Waals surface area contributed by atoms with Crippen molar-refractivity contribution in [2.75, 3.05) is 5.32 Å². The number of nitrogens with zero attached hydrogens (tertiary/aromatic N) is 2. The number of hydrogen-bond donors (Lipinski definition) is 2. The molecule has 0 aliphatic carbocycles. The zero-order valence-corrected chi connectivity index (χ0v) is 19.9. The van der Waals surface area contributed by atoms with Crippen LogP contribution in [-0.4, -0.2) is 27.4 Å². The summed E-state index contributed by atoms with van der Waals surface area (Å²) in [7, 11) is 0. The number of carboxylic acids is 1. The summed E-state index contributed by atoms with van der Waals surface area (Å²) in [6.45, 7) is 1.81. The lowest BCUT2D eigenvalue weighted by Crippen LogP contribution is -2.16. The number of fused-ring (bicyclic) bond motifs is 1. The van der Waals surface area contributed by atoms with Gasteiger partial charge in [0.15, 0.2) is 5.76 Å². The molecule has 184 valence electrons. The highest BCUT2D eigenvalue weighted by atomic mass is 16.6. The topological polar surface area (TPSA) is 115 Å². The van der Waals surface area contributed by atoms with Crippen LogP contribution in [0.1, 0.15) is 24.2 Å².